The van der Waals surface area contributed by atoms with Gasteiger partial charge in [-0.15, -0.1) is 0 Å². The van der Waals surface area contributed by atoms with Gasteiger partial charge in [0.05, 0.1) is 0 Å². The van der Waals surface area contributed by atoms with Gasteiger partial charge in [-0.25, -0.2) is 0 Å². The van der Waals surface area contributed by atoms with Gasteiger partial charge in [-0.05, 0) is 31.9 Å². The number of hydrogen-bond donors (Lipinski definition) is 1. The first-order chi connectivity index (χ1) is 5.74. The third kappa shape index (κ3) is 2.26. The van der Waals surface area contributed by atoms with E-state index >= 15 is 0 Å². The number of aryl methyl sites for hydroxylation is 2. The maximum Gasteiger partial charge on any atom is 0.0370 e. The summed E-state index contributed by atoms with van der Waals surface area (Å²) in [5, 5.41) is 3.33. The molecule has 0 aliphatic heterocycles. The highest BCUT2D eigenvalue weighted by Crippen LogP contribution is 2.15. The van der Waals surface area contributed by atoms with Crippen LogP contribution in [0.5, 0.6) is 0 Å². The van der Waals surface area contributed by atoms with Crippen molar-refractivity contribution >= 4 is 5.69 Å². The standard InChI is InChI=1S/C11H16N/c1-4-7-12-11-6-5-9(2)8-10(11)3/h5-6,8,12H,1,4,7H2,2-3H3. The Morgan fingerprint density at radius 1 is 1.33 bits per heavy atom. The molecule has 1 heteroatoms. The van der Waals surface area contributed by atoms with E-state index < -0.39 is 0 Å². The first-order valence-electron chi connectivity index (χ1n) is 4.34. The average molecular weight is 162 g/mol. The summed E-state index contributed by atoms with van der Waals surface area (Å²) in [6.45, 7) is 8.97. The molecule has 0 aliphatic rings. The Morgan fingerprint density at radius 3 is 2.67 bits per heavy atom. The van der Waals surface area contributed by atoms with E-state index in [1.165, 1.54) is 16.8 Å². The quantitative estimate of drug-likeness (QED) is 0.720. The van der Waals surface area contributed by atoms with Crippen molar-refractivity contribution in [3.8, 4) is 0 Å². The van der Waals surface area contributed by atoms with Crippen LogP contribution in [-0.4, -0.2) is 6.54 Å². The minimum absolute atomic E-state index is 0.924. The Bertz CT molecular complexity index is 253. The second kappa shape index (κ2) is 4.15. The zero-order chi connectivity index (χ0) is 8.97. The lowest BCUT2D eigenvalue weighted by Crippen LogP contribution is -2.01. The van der Waals surface area contributed by atoms with E-state index in [0.717, 1.165) is 13.0 Å². The fourth-order valence-corrected chi connectivity index (χ4v) is 1.23. The van der Waals surface area contributed by atoms with Crippen molar-refractivity contribution in [2.24, 2.45) is 0 Å². The van der Waals surface area contributed by atoms with Crippen LogP contribution < -0.4 is 5.32 Å². The summed E-state index contributed by atoms with van der Waals surface area (Å²) in [4.78, 5) is 0. The van der Waals surface area contributed by atoms with Crippen molar-refractivity contribution in [3.63, 3.8) is 0 Å². The van der Waals surface area contributed by atoms with Gasteiger partial charge in [-0.3, -0.25) is 0 Å². The second-order valence-corrected chi connectivity index (χ2v) is 3.10. The first kappa shape index (κ1) is 9.11. The van der Waals surface area contributed by atoms with E-state index in [-0.39, 0.29) is 0 Å². The minimum atomic E-state index is 0.924. The van der Waals surface area contributed by atoms with Crippen molar-refractivity contribution in [2.45, 2.75) is 20.3 Å². The lowest BCUT2D eigenvalue weighted by atomic mass is 10.1. The Labute approximate surface area is 74.8 Å². The predicted octanol–water partition coefficient (Wildman–Crippen LogP) is 2.94. The molecule has 0 bridgehead atoms. The van der Waals surface area contributed by atoms with E-state index in [1.54, 1.807) is 0 Å². The summed E-state index contributed by atoms with van der Waals surface area (Å²) in [6, 6.07) is 6.43. The molecule has 0 fully saturated rings. The molecule has 0 aliphatic carbocycles. The lowest BCUT2D eigenvalue weighted by molar-refractivity contribution is 1.06. The maximum absolute atomic E-state index is 3.79. The summed E-state index contributed by atoms with van der Waals surface area (Å²) in [7, 11) is 0. The van der Waals surface area contributed by atoms with E-state index in [9.17, 15) is 0 Å². The highest BCUT2D eigenvalue weighted by Gasteiger charge is 1.95. The van der Waals surface area contributed by atoms with E-state index in [0.29, 0.717) is 0 Å². The Kier molecular flexibility index (Phi) is 3.15. The van der Waals surface area contributed by atoms with Gasteiger partial charge in [0.1, 0.15) is 0 Å². The van der Waals surface area contributed by atoms with Crippen LogP contribution in [0.3, 0.4) is 0 Å². The largest absolute Gasteiger partial charge is 0.385 e. The molecule has 1 radical (unpaired) electrons. The minimum Gasteiger partial charge on any atom is -0.385 e. The van der Waals surface area contributed by atoms with Crippen LogP contribution in [0.1, 0.15) is 17.5 Å². The van der Waals surface area contributed by atoms with Crippen molar-refractivity contribution in [1.82, 2.24) is 0 Å². The van der Waals surface area contributed by atoms with E-state index in [2.05, 4.69) is 44.3 Å². The zero-order valence-electron chi connectivity index (χ0n) is 7.85. The van der Waals surface area contributed by atoms with Crippen LogP contribution in [0.4, 0.5) is 5.69 Å². The van der Waals surface area contributed by atoms with Crippen LogP contribution in [0.15, 0.2) is 18.2 Å². The molecular formula is C11H16N. The summed E-state index contributed by atoms with van der Waals surface area (Å²) in [5.41, 5.74) is 3.85. The monoisotopic (exact) mass is 162 g/mol. The summed E-state index contributed by atoms with van der Waals surface area (Å²) in [5.74, 6) is 0. The second-order valence-electron chi connectivity index (χ2n) is 3.10. The van der Waals surface area contributed by atoms with Gasteiger partial charge < -0.3 is 5.32 Å². The molecule has 0 aromatic heterocycles. The molecule has 12 heavy (non-hydrogen) atoms. The van der Waals surface area contributed by atoms with Crippen LogP contribution in [0, 0.1) is 20.8 Å². The smallest absolute Gasteiger partial charge is 0.0370 e. The third-order valence-corrected chi connectivity index (χ3v) is 1.87. The molecule has 65 valence electrons. The third-order valence-electron chi connectivity index (χ3n) is 1.87. The number of nitrogens with one attached hydrogen (secondary N) is 1. The topological polar surface area (TPSA) is 12.0 Å². The van der Waals surface area contributed by atoms with Crippen LogP contribution in [0.2, 0.25) is 0 Å². The summed E-state index contributed by atoms with van der Waals surface area (Å²) in [6.07, 6.45) is 0.924. The highest BCUT2D eigenvalue weighted by atomic mass is 14.9. The molecule has 0 saturated carbocycles. The normalized spacial score (nSPS) is 9.92. The van der Waals surface area contributed by atoms with Crippen molar-refractivity contribution in [1.29, 1.82) is 0 Å². The van der Waals surface area contributed by atoms with Crippen molar-refractivity contribution in [3.05, 3.63) is 36.2 Å². The number of anilines is 1. The Hall–Kier alpha value is -0.980. The maximum atomic E-state index is 3.79. The molecular weight excluding hydrogens is 146 g/mol. The molecule has 0 amide bonds. The van der Waals surface area contributed by atoms with Crippen molar-refractivity contribution in [2.75, 3.05) is 11.9 Å². The van der Waals surface area contributed by atoms with Crippen LogP contribution in [0.25, 0.3) is 0 Å². The molecule has 0 saturated heterocycles. The van der Waals surface area contributed by atoms with Crippen LogP contribution >= 0.6 is 0 Å². The zero-order valence-corrected chi connectivity index (χ0v) is 7.85. The van der Waals surface area contributed by atoms with Gasteiger partial charge in [-0.1, -0.05) is 24.6 Å². The fraction of sp³-hybridized carbons (Fsp3) is 0.364. The van der Waals surface area contributed by atoms with E-state index in [1.807, 2.05) is 0 Å². The van der Waals surface area contributed by atoms with Gasteiger partial charge in [0.25, 0.3) is 0 Å². The molecule has 1 rings (SSSR count). The van der Waals surface area contributed by atoms with Crippen molar-refractivity contribution < 1.29 is 0 Å². The number of rotatable bonds is 3. The van der Waals surface area contributed by atoms with Gasteiger partial charge in [-0.2, -0.15) is 0 Å². The molecule has 1 aromatic rings. The summed E-state index contributed by atoms with van der Waals surface area (Å²) >= 11 is 0. The molecule has 0 heterocycles. The van der Waals surface area contributed by atoms with Gasteiger partial charge >= 0.3 is 0 Å². The number of benzene rings is 1. The Balaban J connectivity index is 2.72. The average Bonchev–Trinajstić information content (AvgIpc) is 2.03. The lowest BCUT2D eigenvalue weighted by Gasteiger charge is -2.08. The molecule has 1 nitrogen and oxygen atoms in total. The SMILES string of the molecule is [CH2]CCNc1ccc(C)cc1C. The predicted molar refractivity (Wildman–Crippen MR) is 54.4 cm³/mol. The van der Waals surface area contributed by atoms with Crippen LogP contribution in [-0.2, 0) is 0 Å². The summed E-state index contributed by atoms with van der Waals surface area (Å²) < 4.78 is 0. The van der Waals surface area contributed by atoms with Gasteiger partial charge in [0.15, 0.2) is 0 Å². The van der Waals surface area contributed by atoms with E-state index in [4.69, 9.17) is 0 Å². The molecule has 0 unspecified atom stereocenters. The van der Waals surface area contributed by atoms with Gasteiger partial charge in [0, 0.05) is 12.2 Å². The fourth-order valence-electron chi connectivity index (χ4n) is 1.23. The molecule has 1 aromatic carbocycles. The first-order valence-corrected chi connectivity index (χ1v) is 4.34. The molecule has 0 atom stereocenters. The Morgan fingerprint density at radius 2 is 2.08 bits per heavy atom. The van der Waals surface area contributed by atoms with Gasteiger partial charge in [0.2, 0.25) is 0 Å². The molecule has 1 N–H and O–H groups in total. The number of hydrogen-bond acceptors (Lipinski definition) is 1. The highest BCUT2D eigenvalue weighted by molar-refractivity contribution is 5.51. The molecule has 0 spiro atoms.